The molecule has 0 aliphatic heterocycles. The first kappa shape index (κ1) is 16.7. The number of benzene rings is 2. The smallest absolute Gasteiger partial charge is 0.294 e. The molecule has 2 heterocycles. The lowest BCUT2D eigenvalue weighted by Crippen LogP contribution is -2.10. The van der Waals surface area contributed by atoms with Crippen molar-refractivity contribution in [3.05, 3.63) is 60.1 Å². The van der Waals surface area contributed by atoms with Crippen LogP contribution in [0.5, 0.6) is 0 Å². The Balaban J connectivity index is 1.55. The maximum absolute atomic E-state index is 13.3. The van der Waals surface area contributed by atoms with Crippen LogP contribution in [0.25, 0.3) is 21.5 Å². The summed E-state index contributed by atoms with van der Waals surface area (Å²) < 4.78 is 20.4. The van der Waals surface area contributed by atoms with Crippen molar-refractivity contribution in [1.29, 1.82) is 0 Å². The first-order chi connectivity index (χ1) is 12.6. The lowest BCUT2D eigenvalue weighted by molar-refractivity contribution is 0.0988. The summed E-state index contributed by atoms with van der Waals surface area (Å²) in [4.78, 5) is 16.9. The second-order valence-electron chi connectivity index (χ2n) is 5.41. The van der Waals surface area contributed by atoms with Crippen molar-refractivity contribution < 1.29 is 13.7 Å². The Morgan fingerprint density at radius 3 is 2.92 bits per heavy atom. The summed E-state index contributed by atoms with van der Waals surface area (Å²) in [6.45, 7) is 0. The number of aromatic nitrogens is 2. The van der Waals surface area contributed by atoms with Gasteiger partial charge >= 0.3 is 0 Å². The molecule has 8 heteroatoms. The highest BCUT2D eigenvalue weighted by Gasteiger charge is 2.15. The van der Waals surface area contributed by atoms with Crippen LogP contribution >= 0.6 is 23.1 Å². The van der Waals surface area contributed by atoms with Gasteiger partial charge in [-0.3, -0.25) is 4.79 Å². The molecule has 4 rings (SSSR count). The molecule has 0 aliphatic carbocycles. The van der Waals surface area contributed by atoms with E-state index in [0.29, 0.717) is 16.9 Å². The second kappa shape index (κ2) is 6.89. The van der Waals surface area contributed by atoms with Gasteiger partial charge in [0.2, 0.25) is 5.76 Å². The molecule has 0 saturated heterocycles. The number of hydrogen-bond donors (Lipinski definition) is 1. The molecule has 130 valence electrons. The van der Waals surface area contributed by atoms with Gasteiger partial charge in [-0.25, -0.2) is 9.37 Å². The van der Waals surface area contributed by atoms with Crippen molar-refractivity contribution in [3.63, 3.8) is 0 Å². The maximum atomic E-state index is 13.3. The minimum Gasteiger partial charge on any atom is -0.350 e. The number of amides is 1. The van der Waals surface area contributed by atoms with E-state index >= 15 is 0 Å². The van der Waals surface area contributed by atoms with E-state index in [1.165, 1.54) is 18.2 Å². The number of halogens is 1. The van der Waals surface area contributed by atoms with Crippen LogP contribution < -0.4 is 5.32 Å². The van der Waals surface area contributed by atoms with Crippen molar-refractivity contribution in [1.82, 2.24) is 10.1 Å². The molecule has 4 aromatic rings. The van der Waals surface area contributed by atoms with Crippen molar-refractivity contribution in [2.24, 2.45) is 0 Å². The minimum atomic E-state index is -0.422. The lowest BCUT2D eigenvalue weighted by Gasteiger charge is -2.01. The minimum absolute atomic E-state index is 0.0541. The third kappa shape index (κ3) is 3.33. The Bertz CT molecular complexity index is 1110. The quantitative estimate of drug-likeness (QED) is 0.497. The number of rotatable bonds is 4. The van der Waals surface area contributed by atoms with Crippen LogP contribution in [0.3, 0.4) is 0 Å². The SMILES string of the molecule is CSc1nc2ccc(NC(=O)c3cc(-c4cccc(F)c4)no3)cc2s1. The topological polar surface area (TPSA) is 68.0 Å². The molecule has 0 fully saturated rings. The molecular formula is C18H12FN3O2S2. The van der Waals surface area contributed by atoms with E-state index in [1.54, 1.807) is 41.3 Å². The fraction of sp³-hybridized carbons (Fsp3) is 0.0556. The molecule has 26 heavy (non-hydrogen) atoms. The Kier molecular flexibility index (Phi) is 4.44. The number of carbonyl (C=O) groups excluding carboxylic acids is 1. The molecule has 2 aromatic heterocycles. The molecule has 1 N–H and O–H groups in total. The van der Waals surface area contributed by atoms with Crippen molar-refractivity contribution in [3.8, 4) is 11.3 Å². The van der Waals surface area contributed by atoms with E-state index in [9.17, 15) is 9.18 Å². The largest absolute Gasteiger partial charge is 0.350 e. The van der Waals surface area contributed by atoms with E-state index in [-0.39, 0.29) is 11.6 Å². The number of hydrogen-bond acceptors (Lipinski definition) is 6. The van der Waals surface area contributed by atoms with Gasteiger partial charge in [-0.2, -0.15) is 0 Å². The van der Waals surface area contributed by atoms with Gasteiger partial charge in [-0.1, -0.05) is 29.1 Å². The first-order valence-corrected chi connectivity index (χ1v) is 9.65. The predicted octanol–water partition coefficient (Wildman–Crippen LogP) is 5.06. The average molecular weight is 385 g/mol. The van der Waals surface area contributed by atoms with E-state index in [2.05, 4.69) is 15.5 Å². The van der Waals surface area contributed by atoms with Gasteiger partial charge in [-0.15, -0.1) is 11.3 Å². The number of anilines is 1. The fourth-order valence-corrected chi connectivity index (χ4v) is 3.96. The number of thiazole rings is 1. The fourth-order valence-electron chi connectivity index (χ4n) is 2.43. The third-order valence-corrected chi connectivity index (χ3v) is 5.66. The molecule has 5 nitrogen and oxygen atoms in total. The predicted molar refractivity (Wildman–Crippen MR) is 101 cm³/mol. The van der Waals surface area contributed by atoms with E-state index < -0.39 is 5.91 Å². The van der Waals surface area contributed by atoms with Crippen LogP contribution in [0, 0.1) is 5.82 Å². The molecule has 2 aromatic carbocycles. The Hall–Kier alpha value is -2.71. The highest BCUT2D eigenvalue weighted by molar-refractivity contribution is 8.00. The summed E-state index contributed by atoms with van der Waals surface area (Å²) in [5.74, 6) is -0.744. The van der Waals surface area contributed by atoms with Crippen molar-refractivity contribution in [2.45, 2.75) is 4.34 Å². The Morgan fingerprint density at radius 2 is 2.12 bits per heavy atom. The molecule has 0 aliphatic rings. The summed E-state index contributed by atoms with van der Waals surface area (Å²) in [6.07, 6.45) is 1.97. The van der Waals surface area contributed by atoms with Gasteiger partial charge in [0, 0.05) is 17.3 Å². The molecule has 0 spiro atoms. The molecule has 0 atom stereocenters. The molecule has 0 saturated carbocycles. The number of nitrogens with zero attached hydrogens (tertiary/aromatic N) is 2. The lowest BCUT2D eigenvalue weighted by atomic mass is 10.1. The van der Waals surface area contributed by atoms with Gasteiger partial charge < -0.3 is 9.84 Å². The van der Waals surface area contributed by atoms with Gasteiger partial charge in [0.05, 0.1) is 10.2 Å². The van der Waals surface area contributed by atoms with Gasteiger partial charge in [0.1, 0.15) is 11.5 Å². The van der Waals surface area contributed by atoms with Crippen LogP contribution in [-0.2, 0) is 0 Å². The number of thioether (sulfide) groups is 1. The molecule has 0 bridgehead atoms. The molecule has 1 amide bonds. The van der Waals surface area contributed by atoms with Crippen LogP contribution in [0.2, 0.25) is 0 Å². The van der Waals surface area contributed by atoms with Crippen LogP contribution in [0.15, 0.2) is 57.4 Å². The number of carbonyl (C=O) groups is 1. The Morgan fingerprint density at radius 1 is 1.23 bits per heavy atom. The monoisotopic (exact) mass is 385 g/mol. The van der Waals surface area contributed by atoms with Gasteiger partial charge in [-0.05, 0) is 36.6 Å². The van der Waals surface area contributed by atoms with Gasteiger partial charge in [0.25, 0.3) is 5.91 Å². The van der Waals surface area contributed by atoms with Crippen LogP contribution in [0.4, 0.5) is 10.1 Å². The number of nitrogens with one attached hydrogen (secondary N) is 1. The normalized spacial score (nSPS) is 11.0. The first-order valence-electron chi connectivity index (χ1n) is 7.61. The number of fused-ring (bicyclic) bond motifs is 1. The summed E-state index contributed by atoms with van der Waals surface area (Å²) in [6, 6.07) is 13.0. The summed E-state index contributed by atoms with van der Waals surface area (Å²) in [5.41, 5.74) is 2.48. The zero-order chi connectivity index (χ0) is 18.1. The zero-order valence-electron chi connectivity index (χ0n) is 13.5. The average Bonchev–Trinajstić information content (AvgIpc) is 3.28. The van der Waals surface area contributed by atoms with E-state index in [1.807, 2.05) is 18.4 Å². The Labute approximate surface area is 156 Å². The highest BCUT2D eigenvalue weighted by Crippen LogP contribution is 2.30. The van der Waals surface area contributed by atoms with E-state index in [0.717, 1.165) is 14.6 Å². The van der Waals surface area contributed by atoms with Crippen molar-refractivity contribution >= 4 is 44.9 Å². The summed E-state index contributed by atoms with van der Waals surface area (Å²) >= 11 is 3.15. The molecular weight excluding hydrogens is 373 g/mol. The van der Waals surface area contributed by atoms with Crippen molar-refractivity contribution in [2.75, 3.05) is 11.6 Å². The standard InChI is InChI=1S/C18H12FN3O2S2/c1-25-18-21-13-6-5-12(8-16(13)26-18)20-17(23)15-9-14(22-24-15)10-3-2-4-11(19)7-10/h2-9H,1H3,(H,20,23). The van der Waals surface area contributed by atoms with Gasteiger partial charge in [0.15, 0.2) is 4.34 Å². The zero-order valence-corrected chi connectivity index (χ0v) is 15.2. The highest BCUT2D eigenvalue weighted by atomic mass is 32.2. The second-order valence-corrected chi connectivity index (χ2v) is 7.49. The summed E-state index contributed by atoms with van der Waals surface area (Å²) in [5, 5.41) is 6.62. The summed E-state index contributed by atoms with van der Waals surface area (Å²) in [7, 11) is 0. The molecule has 0 unspecified atom stereocenters. The maximum Gasteiger partial charge on any atom is 0.294 e. The van der Waals surface area contributed by atoms with Crippen LogP contribution in [-0.4, -0.2) is 22.3 Å². The third-order valence-electron chi connectivity index (χ3n) is 3.66. The van der Waals surface area contributed by atoms with E-state index in [4.69, 9.17) is 4.52 Å². The molecule has 0 radical (unpaired) electrons. The van der Waals surface area contributed by atoms with Crippen LogP contribution in [0.1, 0.15) is 10.6 Å².